The monoisotopic (exact) mass is 188 g/mol. The molecule has 2 heterocycles. The Bertz CT molecular complexity index is 373. The van der Waals surface area contributed by atoms with E-state index >= 15 is 0 Å². The molecular formula is C11H12N2O. The fourth-order valence-electron chi connectivity index (χ4n) is 1.69. The molecule has 1 aromatic heterocycles. The Morgan fingerprint density at radius 3 is 3.29 bits per heavy atom. The highest BCUT2D eigenvalue weighted by Gasteiger charge is 2.22. The first-order valence-corrected chi connectivity index (χ1v) is 4.66. The molecule has 0 aliphatic carbocycles. The summed E-state index contributed by atoms with van der Waals surface area (Å²) < 4.78 is 0. The molecule has 0 saturated heterocycles. The molecule has 0 N–H and O–H groups in total. The number of amides is 1. The van der Waals surface area contributed by atoms with Crippen molar-refractivity contribution in [1.82, 2.24) is 9.88 Å². The van der Waals surface area contributed by atoms with Crippen LogP contribution in [0, 0.1) is 0 Å². The van der Waals surface area contributed by atoms with E-state index in [4.69, 9.17) is 0 Å². The van der Waals surface area contributed by atoms with Gasteiger partial charge in [-0.05, 0) is 18.1 Å². The van der Waals surface area contributed by atoms with Crippen molar-refractivity contribution in [3.63, 3.8) is 0 Å². The number of carbonyl (C=O) groups excluding carboxylic acids is 1. The molecule has 0 fully saturated rings. The van der Waals surface area contributed by atoms with Gasteiger partial charge in [-0.15, -0.1) is 6.58 Å². The third kappa shape index (κ3) is 1.41. The van der Waals surface area contributed by atoms with E-state index in [1.807, 2.05) is 6.07 Å². The molecular weight excluding hydrogens is 176 g/mol. The van der Waals surface area contributed by atoms with Gasteiger partial charge in [0.25, 0.3) is 5.91 Å². The van der Waals surface area contributed by atoms with Crippen LogP contribution in [0.5, 0.6) is 0 Å². The van der Waals surface area contributed by atoms with Gasteiger partial charge in [-0.25, -0.2) is 0 Å². The second-order valence-corrected chi connectivity index (χ2v) is 3.32. The Hall–Kier alpha value is -1.64. The number of hydrogen-bond acceptors (Lipinski definition) is 2. The minimum Gasteiger partial charge on any atom is -0.335 e. The second-order valence-electron chi connectivity index (χ2n) is 3.32. The van der Waals surface area contributed by atoms with Gasteiger partial charge in [0, 0.05) is 25.5 Å². The van der Waals surface area contributed by atoms with E-state index in [1.54, 1.807) is 23.4 Å². The summed E-state index contributed by atoms with van der Waals surface area (Å²) in [5.74, 6) is 0.0688. The average Bonchev–Trinajstić information content (AvgIpc) is 2.23. The van der Waals surface area contributed by atoms with Crippen molar-refractivity contribution in [2.45, 2.75) is 6.42 Å². The van der Waals surface area contributed by atoms with Gasteiger partial charge < -0.3 is 4.90 Å². The van der Waals surface area contributed by atoms with Gasteiger partial charge in [-0.1, -0.05) is 6.08 Å². The number of nitrogens with zero attached hydrogens (tertiary/aromatic N) is 2. The first kappa shape index (κ1) is 8.94. The summed E-state index contributed by atoms with van der Waals surface area (Å²) in [5.41, 5.74) is 1.84. The molecule has 0 spiro atoms. The Morgan fingerprint density at radius 2 is 2.50 bits per heavy atom. The standard InChI is InChI=1S/C11H12N2O/c1-2-6-13-7-4-9-3-5-12-8-10(9)11(13)14/h2-3,5,8H,1,4,6-7H2. The molecule has 1 aliphatic heterocycles. The molecule has 2 rings (SSSR count). The van der Waals surface area contributed by atoms with Crippen LogP contribution in [-0.2, 0) is 6.42 Å². The summed E-state index contributed by atoms with van der Waals surface area (Å²) in [6.07, 6.45) is 6.04. The summed E-state index contributed by atoms with van der Waals surface area (Å²) in [6, 6.07) is 1.92. The quantitative estimate of drug-likeness (QED) is 0.655. The van der Waals surface area contributed by atoms with Crippen LogP contribution in [0.1, 0.15) is 15.9 Å². The molecule has 0 aromatic carbocycles. The molecule has 1 aromatic rings. The largest absolute Gasteiger partial charge is 0.335 e. The summed E-state index contributed by atoms with van der Waals surface area (Å²) in [5, 5.41) is 0. The molecule has 1 amide bonds. The van der Waals surface area contributed by atoms with Crippen molar-refractivity contribution < 1.29 is 4.79 Å². The summed E-state index contributed by atoms with van der Waals surface area (Å²) in [4.78, 5) is 17.6. The van der Waals surface area contributed by atoms with Crippen LogP contribution in [0.2, 0.25) is 0 Å². The average molecular weight is 188 g/mol. The Balaban J connectivity index is 2.31. The van der Waals surface area contributed by atoms with E-state index in [1.165, 1.54) is 0 Å². The van der Waals surface area contributed by atoms with Crippen LogP contribution in [0.3, 0.4) is 0 Å². The van der Waals surface area contributed by atoms with Crippen LogP contribution in [0.15, 0.2) is 31.1 Å². The van der Waals surface area contributed by atoms with Gasteiger partial charge in [-0.3, -0.25) is 9.78 Å². The molecule has 3 heteroatoms. The fourth-order valence-corrected chi connectivity index (χ4v) is 1.69. The highest BCUT2D eigenvalue weighted by molar-refractivity contribution is 5.96. The minimum atomic E-state index is 0.0688. The van der Waals surface area contributed by atoms with Gasteiger partial charge in [0.15, 0.2) is 0 Å². The Kier molecular flexibility index (Phi) is 2.31. The minimum absolute atomic E-state index is 0.0688. The van der Waals surface area contributed by atoms with E-state index in [2.05, 4.69) is 11.6 Å². The zero-order chi connectivity index (χ0) is 9.97. The van der Waals surface area contributed by atoms with Crippen LogP contribution in [-0.4, -0.2) is 28.9 Å². The van der Waals surface area contributed by atoms with Crippen LogP contribution >= 0.6 is 0 Å². The number of aromatic nitrogens is 1. The van der Waals surface area contributed by atoms with Gasteiger partial charge in [0.05, 0.1) is 5.56 Å². The zero-order valence-electron chi connectivity index (χ0n) is 7.94. The topological polar surface area (TPSA) is 33.2 Å². The van der Waals surface area contributed by atoms with Crippen molar-refractivity contribution >= 4 is 5.91 Å². The van der Waals surface area contributed by atoms with Gasteiger partial charge in [0.1, 0.15) is 0 Å². The maximum atomic E-state index is 11.8. The van der Waals surface area contributed by atoms with E-state index in [9.17, 15) is 4.79 Å². The van der Waals surface area contributed by atoms with E-state index in [-0.39, 0.29) is 5.91 Å². The summed E-state index contributed by atoms with van der Waals surface area (Å²) in [7, 11) is 0. The van der Waals surface area contributed by atoms with Crippen molar-refractivity contribution in [2.75, 3.05) is 13.1 Å². The molecule has 1 aliphatic rings. The van der Waals surface area contributed by atoms with Crippen molar-refractivity contribution in [3.8, 4) is 0 Å². The molecule has 0 saturated carbocycles. The SMILES string of the molecule is C=CCN1CCc2ccncc2C1=O. The van der Waals surface area contributed by atoms with Crippen molar-refractivity contribution in [1.29, 1.82) is 0 Å². The van der Waals surface area contributed by atoms with Gasteiger partial charge in [0.2, 0.25) is 0 Å². The number of pyridine rings is 1. The first-order valence-electron chi connectivity index (χ1n) is 4.66. The molecule has 3 nitrogen and oxygen atoms in total. The van der Waals surface area contributed by atoms with Crippen LogP contribution in [0.4, 0.5) is 0 Å². The number of fused-ring (bicyclic) bond motifs is 1. The molecule has 72 valence electrons. The fraction of sp³-hybridized carbons (Fsp3) is 0.273. The smallest absolute Gasteiger partial charge is 0.255 e. The third-order valence-corrected chi connectivity index (χ3v) is 2.43. The lowest BCUT2D eigenvalue weighted by molar-refractivity contribution is 0.0758. The lowest BCUT2D eigenvalue weighted by atomic mass is 10.0. The first-order chi connectivity index (χ1) is 6.83. The molecule has 14 heavy (non-hydrogen) atoms. The molecule has 0 atom stereocenters. The predicted octanol–water partition coefficient (Wildman–Crippen LogP) is 1.27. The lowest BCUT2D eigenvalue weighted by Crippen LogP contribution is -2.37. The number of carbonyl (C=O) groups is 1. The normalized spacial score (nSPS) is 15.1. The third-order valence-electron chi connectivity index (χ3n) is 2.43. The predicted molar refractivity (Wildman–Crippen MR) is 54.0 cm³/mol. The highest BCUT2D eigenvalue weighted by atomic mass is 16.2. The number of hydrogen-bond donors (Lipinski definition) is 0. The summed E-state index contributed by atoms with van der Waals surface area (Å²) >= 11 is 0. The number of rotatable bonds is 2. The Morgan fingerprint density at radius 1 is 1.64 bits per heavy atom. The van der Waals surface area contributed by atoms with E-state index in [0.29, 0.717) is 6.54 Å². The Labute approximate surface area is 83.1 Å². The second kappa shape index (κ2) is 3.62. The van der Waals surface area contributed by atoms with E-state index < -0.39 is 0 Å². The van der Waals surface area contributed by atoms with Gasteiger partial charge >= 0.3 is 0 Å². The molecule has 0 radical (unpaired) electrons. The van der Waals surface area contributed by atoms with Crippen LogP contribution in [0.25, 0.3) is 0 Å². The van der Waals surface area contributed by atoms with Gasteiger partial charge in [-0.2, -0.15) is 0 Å². The van der Waals surface area contributed by atoms with E-state index in [0.717, 1.165) is 24.1 Å². The van der Waals surface area contributed by atoms with Crippen molar-refractivity contribution in [2.24, 2.45) is 0 Å². The van der Waals surface area contributed by atoms with Crippen molar-refractivity contribution in [3.05, 3.63) is 42.2 Å². The molecule has 0 bridgehead atoms. The van der Waals surface area contributed by atoms with Crippen LogP contribution < -0.4 is 0 Å². The zero-order valence-corrected chi connectivity index (χ0v) is 7.94. The summed E-state index contributed by atoms with van der Waals surface area (Å²) in [6.45, 7) is 5.03. The maximum Gasteiger partial charge on any atom is 0.255 e. The lowest BCUT2D eigenvalue weighted by Gasteiger charge is -2.26. The highest BCUT2D eigenvalue weighted by Crippen LogP contribution is 2.16. The molecule has 0 unspecified atom stereocenters. The maximum absolute atomic E-state index is 11.8.